The number of anilines is 2. The first-order chi connectivity index (χ1) is 8.69. The molecule has 18 heavy (non-hydrogen) atoms. The van der Waals surface area contributed by atoms with Gasteiger partial charge in [0.2, 0.25) is 5.82 Å². The van der Waals surface area contributed by atoms with E-state index in [4.69, 9.17) is 0 Å². The van der Waals surface area contributed by atoms with Crippen molar-refractivity contribution in [3.05, 3.63) is 11.5 Å². The topological polar surface area (TPSA) is 67.3 Å². The zero-order valence-electron chi connectivity index (χ0n) is 10.6. The third kappa shape index (κ3) is 1.68. The van der Waals surface area contributed by atoms with E-state index in [0.717, 1.165) is 36.7 Å². The van der Waals surface area contributed by atoms with Crippen LogP contribution in [0.1, 0.15) is 29.2 Å². The molecule has 1 aromatic rings. The number of hydrogen-bond acceptors (Lipinski definition) is 6. The smallest absolute Gasteiger partial charge is 0.376 e. The fourth-order valence-corrected chi connectivity index (χ4v) is 2.72. The number of piperidine rings is 1. The van der Waals surface area contributed by atoms with Gasteiger partial charge in [0.1, 0.15) is 5.69 Å². The molecular weight excluding hydrogens is 232 g/mol. The largest absolute Gasteiger partial charge is 0.463 e. The summed E-state index contributed by atoms with van der Waals surface area (Å²) < 4.78 is 4.67. The van der Waals surface area contributed by atoms with Crippen molar-refractivity contribution < 1.29 is 9.53 Å². The van der Waals surface area contributed by atoms with Crippen molar-refractivity contribution in [2.45, 2.75) is 25.8 Å². The molecule has 2 aliphatic heterocycles. The molecule has 0 radical (unpaired) electrons. The Morgan fingerprint density at radius 2 is 2.33 bits per heavy atom. The normalized spacial score (nSPS) is 21.0. The summed E-state index contributed by atoms with van der Waals surface area (Å²) in [4.78, 5) is 22.3. The van der Waals surface area contributed by atoms with Crippen LogP contribution in [0, 0.1) is 6.92 Å². The summed E-state index contributed by atoms with van der Waals surface area (Å²) in [6.07, 6.45) is 2.32. The molecule has 3 rings (SSSR count). The fraction of sp³-hybridized carbons (Fsp3) is 0.583. The Kier molecular flexibility index (Phi) is 2.57. The summed E-state index contributed by atoms with van der Waals surface area (Å²) in [5, 5.41) is 3.39. The molecule has 1 fully saturated rings. The number of aromatic nitrogens is 2. The number of fused-ring (bicyclic) bond motifs is 4. The van der Waals surface area contributed by atoms with Crippen LogP contribution in [0.5, 0.6) is 0 Å². The van der Waals surface area contributed by atoms with E-state index in [2.05, 4.69) is 24.9 Å². The lowest BCUT2D eigenvalue weighted by Gasteiger charge is -2.41. The maximum atomic E-state index is 11.5. The average Bonchev–Trinajstić information content (AvgIpc) is 2.37. The zero-order valence-corrected chi connectivity index (χ0v) is 10.6. The van der Waals surface area contributed by atoms with Crippen molar-refractivity contribution in [3.8, 4) is 0 Å². The van der Waals surface area contributed by atoms with Gasteiger partial charge in [0.15, 0.2) is 5.82 Å². The molecular formula is C12H16N4O2. The van der Waals surface area contributed by atoms with E-state index in [9.17, 15) is 4.79 Å². The van der Waals surface area contributed by atoms with E-state index in [1.165, 1.54) is 13.5 Å². The van der Waals surface area contributed by atoms with Crippen molar-refractivity contribution in [3.63, 3.8) is 0 Å². The van der Waals surface area contributed by atoms with Gasteiger partial charge in [-0.2, -0.15) is 0 Å². The second kappa shape index (κ2) is 4.12. The molecule has 0 spiro atoms. The van der Waals surface area contributed by atoms with Crippen LogP contribution in [-0.4, -0.2) is 42.2 Å². The van der Waals surface area contributed by atoms with Crippen molar-refractivity contribution in [2.24, 2.45) is 0 Å². The van der Waals surface area contributed by atoms with Crippen LogP contribution in [0.4, 0.5) is 11.5 Å². The standard InChI is InChI=1S/C12H16N4O2/c1-7-9-10(15-11(13-7)12(17)18-2)14-8-4-3-5-16(9)6-8/h8H,3-6H2,1-2H3,(H,13,14,15)/t8-/m0/s1. The third-order valence-electron chi connectivity index (χ3n) is 3.50. The lowest BCUT2D eigenvalue weighted by atomic mass is 10.0. The van der Waals surface area contributed by atoms with Crippen LogP contribution in [0.2, 0.25) is 0 Å². The van der Waals surface area contributed by atoms with E-state index < -0.39 is 5.97 Å². The quantitative estimate of drug-likeness (QED) is 0.747. The predicted octanol–water partition coefficient (Wildman–Crippen LogP) is 0.966. The highest BCUT2D eigenvalue weighted by molar-refractivity contribution is 5.87. The first-order valence-corrected chi connectivity index (χ1v) is 6.17. The Hall–Kier alpha value is -1.85. The Morgan fingerprint density at radius 3 is 3.11 bits per heavy atom. The van der Waals surface area contributed by atoms with Crippen molar-refractivity contribution in [1.29, 1.82) is 0 Å². The summed E-state index contributed by atoms with van der Waals surface area (Å²) in [5.41, 5.74) is 1.85. The van der Waals surface area contributed by atoms with Gasteiger partial charge < -0.3 is 15.0 Å². The summed E-state index contributed by atoms with van der Waals surface area (Å²) in [6.45, 7) is 3.94. The molecule has 0 amide bonds. The molecule has 2 aliphatic rings. The van der Waals surface area contributed by atoms with Crippen molar-refractivity contribution in [1.82, 2.24) is 9.97 Å². The minimum Gasteiger partial charge on any atom is -0.463 e. The molecule has 1 saturated heterocycles. The molecule has 0 aliphatic carbocycles. The van der Waals surface area contributed by atoms with E-state index in [1.54, 1.807) is 0 Å². The van der Waals surface area contributed by atoms with E-state index in [0.29, 0.717) is 6.04 Å². The van der Waals surface area contributed by atoms with Crippen LogP contribution < -0.4 is 10.2 Å². The molecule has 0 saturated carbocycles. The number of aryl methyl sites for hydroxylation is 1. The van der Waals surface area contributed by atoms with Gasteiger partial charge in [-0.05, 0) is 19.8 Å². The van der Waals surface area contributed by atoms with E-state index in [1.807, 2.05) is 6.92 Å². The van der Waals surface area contributed by atoms with Gasteiger partial charge in [-0.25, -0.2) is 14.8 Å². The molecule has 2 bridgehead atoms. The van der Waals surface area contributed by atoms with E-state index in [-0.39, 0.29) is 5.82 Å². The summed E-state index contributed by atoms with van der Waals surface area (Å²) in [5.74, 6) is 0.398. The van der Waals surface area contributed by atoms with Crippen LogP contribution in [0.3, 0.4) is 0 Å². The number of carbonyl (C=O) groups is 1. The van der Waals surface area contributed by atoms with Gasteiger partial charge in [-0.1, -0.05) is 0 Å². The second-order valence-corrected chi connectivity index (χ2v) is 4.75. The fourth-order valence-electron chi connectivity index (χ4n) is 2.72. The summed E-state index contributed by atoms with van der Waals surface area (Å²) in [7, 11) is 1.34. The van der Waals surface area contributed by atoms with Gasteiger partial charge in [0, 0.05) is 19.1 Å². The SMILES string of the molecule is COC(=O)c1nc(C)c2c(n1)N[C@H]1CCCN2C1. The molecule has 6 nitrogen and oxygen atoms in total. The number of nitrogens with one attached hydrogen (secondary N) is 1. The van der Waals surface area contributed by atoms with Crippen LogP contribution >= 0.6 is 0 Å². The van der Waals surface area contributed by atoms with E-state index >= 15 is 0 Å². The number of carbonyl (C=O) groups excluding carboxylic acids is 1. The van der Waals surface area contributed by atoms with Crippen molar-refractivity contribution in [2.75, 3.05) is 30.4 Å². The Balaban J connectivity index is 2.06. The Bertz CT molecular complexity index is 503. The van der Waals surface area contributed by atoms with Gasteiger partial charge in [0.05, 0.1) is 12.8 Å². The molecule has 0 unspecified atom stereocenters. The number of ether oxygens (including phenoxy) is 1. The second-order valence-electron chi connectivity index (χ2n) is 4.75. The molecule has 0 aromatic carbocycles. The maximum absolute atomic E-state index is 11.5. The number of nitrogens with zero attached hydrogens (tertiary/aromatic N) is 3. The number of methoxy groups -OCH3 is 1. The lowest BCUT2D eigenvalue weighted by Crippen LogP contribution is -2.47. The summed E-state index contributed by atoms with van der Waals surface area (Å²) in [6, 6.07) is 0.422. The zero-order chi connectivity index (χ0) is 12.7. The van der Waals surface area contributed by atoms with Crippen LogP contribution in [0.15, 0.2) is 0 Å². The number of rotatable bonds is 1. The molecule has 96 valence electrons. The highest BCUT2D eigenvalue weighted by Gasteiger charge is 2.31. The highest BCUT2D eigenvalue weighted by atomic mass is 16.5. The molecule has 1 atom stereocenters. The molecule has 1 aromatic heterocycles. The monoisotopic (exact) mass is 248 g/mol. The first kappa shape index (κ1) is 11.3. The molecule has 6 heteroatoms. The molecule has 1 N–H and O–H groups in total. The van der Waals surface area contributed by atoms with Gasteiger partial charge in [0.25, 0.3) is 0 Å². The Labute approximate surface area is 105 Å². The van der Waals surface area contributed by atoms with Gasteiger partial charge in [-0.3, -0.25) is 0 Å². The summed E-state index contributed by atoms with van der Waals surface area (Å²) >= 11 is 0. The average molecular weight is 248 g/mol. The van der Waals surface area contributed by atoms with Crippen LogP contribution in [0.25, 0.3) is 0 Å². The van der Waals surface area contributed by atoms with Gasteiger partial charge in [-0.15, -0.1) is 0 Å². The third-order valence-corrected chi connectivity index (χ3v) is 3.50. The predicted molar refractivity (Wildman–Crippen MR) is 67.0 cm³/mol. The molecule has 3 heterocycles. The number of esters is 1. The van der Waals surface area contributed by atoms with Gasteiger partial charge >= 0.3 is 5.97 Å². The Morgan fingerprint density at radius 1 is 1.50 bits per heavy atom. The minimum atomic E-state index is -0.492. The number of hydrogen-bond donors (Lipinski definition) is 1. The highest BCUT2D eigenvalue weighted by Crippen LogP contribution is 2.35. The first-order valence-electron chi connectivity index (χ1n) is 6.17. The minimum absolute atomic E-state index is 0.127. The maximum Gasteiger partial charge on any atom is 0.376 e. The van der Waals surface area contributed by atoms with Crippen molar-refractivity contribution >= 4 is 17.5 Å². The lowest BCUT2D eigenvalue weighted by molar-refractivity contribution is 0.0586. The van der Waals surface area contributed by atoms with Crippen LogP contribution in [-0.2, 0) is 4.74 Å².